The van der Waals surface area contributed by atoms with Gasteiger partial charge < -0.3 is 10.6 Å². The first-order chi connectivity index (χ1) is 7.84. The molecule has 0 bridgehead atoms. The van der Waals surface area contributed by atoms with E-state index in [0.717, 1.165) is 38.8 Å². The molecule has 16 heavy (non-hydrogen) atoms. The Bertz CT molecular complexity index is 383. The van der Waals surface area contributed by atoms with E-state index < -0.39 is 0 Å². The zero-order valence-electron chi connectivity index (χ0n) is 9.52. The summed E-state index contributed by atoms with van der Waals surface area (Å²) >= 11 is 0. The minimum absolute atomic E-state index is 0.381. The molecule has 0 saturated carbocycles. The second-order valence-corrected chi connectivity index (χ2v) is 4.80. The highest BCUT2D eigenvalue weighted by molar-refractivity contribution is 5.50. The maximum Gasteiger partial charge on any atom is 0.135 e. The highest BCUT2D eigenvalue weighted by Crippen LogP contribution is 2.29. The van der Waals surface area contributed by atoms with Crippen molar-refractivity contribution in [2.75, 3.05) is 18.0 Å². The second kappa shape index (κ2) is 4.01. The lowest BCUT2D eigenvalue weighted by Crippen LogP contribution is -2.40. The molecule has 1 aromatic heterocycles. The lowest BCUT2D eigenvalue weighted by atomic mass is 10.1. The Balaban J connectivity index is 1.87. The number of piperidine rings is 1. The summed E-state index contributed by atoms with van der Waals surface area (Å²) in [5.74, 6) is 1.18. The molecule has 1 aromatic rings. The lowest BCUT2D eigenvalue weighted by Gasteiger charge is -2.32. The topological polar surface area (TPSA) is 55.0 Å². The van der Waals surface area contributed by atoms with Crippen LogP contribution in [0.2, 0.25) is 0 Å². The fraction of sp³-hybridized carbons (Fsp3) is 0.667. The van der Waals surface area contributed by atoms with Crippen LogP contribution in [0.4, 0.5) is 5.82 Å². The van der Waals surface area contributed by atoms with Crippen molar-refractivity contribution in [2.45, 2.75) is 38.1 Å². The van der Waals surface area contributed by atoms with Crippen LogP contribution in [-0.2, 0) is 12.8 Å². The molecule has 0 unspecified atom stereocenters. The summed E-state index contributed by atoms with van der Waals surface area (Å²) in [5, 5.41) is 0. The van der Waals surface area contributed by atoms with Crippen LogP contribution in [0.1, 0.15) is 30.5 Å². The number of nitrogens with two attached hydrogens (primary N) is 1. The summed E-state index contributed by atoms with van der Waals surface area (Å²) in [6, 6.07) is 0.381. The van der Waals surface area contributed by atoms with Gasteiger partial charge in [0.2, 0.25) is 0 Å². The Morgan fingerprint density at radius 1 is 1.19 bits per heavy atom. The molecule has 2 N–H and O–H groups in total. The molecule has 86 valence electrons. The molecule has 1 fully saturated rings. The van der Waals surface area contributed by atoms with Gasteiger partial charge in [0.05, 0.1) is 0 Å². The predicted molar refractivity (Wildman–Crippen MR) is 63.5 cm³/mol. The van der Waals surface area contributed by atoms with Gasteiger partial charge in [0, 0.05) is 30.4 Å². The molecule has 0 radical (unpaired) electrons. The van der Waals surface area contributed by atoms with E-state index in [1.54, 1.807) is 6.33 Å². The Morgan fingerprint density at radius 3 is 2.81 bits per heavy atom. The molecular formula is C12H18N4. The number of aromatic nitrogens is 2. The number of nitrogens with zero attached hydrogens (tertiary/aromatic N) is 3. The smallest absolute Gasteiger partial charge is 0.135 e. The van der Waals surface area contributed by atoms with Crippen molar-refractivity contribution in [2.24, 2.45) is 5.73 Å². The Hall–Kier alpha value is -1.16. The van der Waals surface area contributed by atoms with Gasteiger partial charge in [0.1, 0.15) is 12.1 Å². The van der Waals surface area contributed by atoms with Crippen LogP contribution in [-0.4, -0.2) is 29.1 Å². The highest BCUT2D eigenvalue weighted by Gasteiger charge is 2.23. The van der Waals surface area contributed by atoms with Crippen molar-refractivity contribution in [3.05, 3.63) is 17.6 Å². The van der Waals surface area contributed by atoms with Crippen LogP contribution in [0.3, 0.4) is 0 Å². The van der Waals surface area contributed by atoms with Crippen molar-refractivity contribution >= 4 is 5.82 Å². The second-order valence-electron chi connectivity index (χ2n) is 4.80. The first-order valence-electron chi connectivity index (χ1n) is 6.18. The fourth-order valence-corrected chi connectivity index (χ4v) is 2.73. The molecule has 0 amide bonds. The molecule has 4 nitrogen and oxygen atoms in total. The average molecular weight is 218 g/mol. The summed E-state index contributed by atoms with van der Waals surface area (Å²) in [4.78, 5) is 11.2. The van der Waals surface area contributed by atoms with E-state index in [4.69, 9.17) is 5.73 Å². The molecule has 2 heterocycles. The predicted octanol–water partition coefficient (Wildman–Crippen LogP) is 0.893. The number of rotatable bonds is 1. The van der Waals surface area contributed by atoms with E-state index in [9.17, 15) is 0 Å². The van der Waals surface area contributed by atoms with Gasteiger partial charge in [-0.25, -0.2) is 9.97 Å². The van der Waals surface area contributed by atoms with Crippen molar-refractivity contribution in [1.82, 2.24) is 9.97 Å². The van der Waals surface area contributed by atoms with E-state index in [1.807, 2.05) is 0 Å². The fourth-order valence-electron chi connectivity index (χ4n) is 2.73. The lowest BCUT2D eigenvalue weighted by molar-refractivity contribution is 0.497. The number of anilines is 1. The molecule has 1 saturated heterocycles. The standard InChI is InChI=1S/C12H18N4/c13-9-4-6-16(7-5-9)12-10-2-1-3-11(10)14-8-15-12/h8-9H,1-7,13H2. The summed E-state index contributed by atoms with van der Waals surface area (Å²) in [5.41, 5.74) is 8.58. The summed E-state index contributed by atoms with van der Waals surface area (Å²) < 4.78 is 0. The maximum atomic E-state index is 5.93. The molecular weight excluding hydrogens is 200 g/mol. The van der Waals surface area contributed by atoms with Crippen LogP contribution in [0.5, 0.6) is 0 Å². The van der Waals surface area contributed by atoms with E-state index in [-0.39, 0.29) is 0 Å². The molecule has 2 aliphatic rings. The molecule has 0 spiro atoms. The molecule has 0 aromatic carbocycles. The molecule has 1 aliphatic carbocycles. The number of aryl methyl sites for hydroxylation is 1. The van der Waals surface area contributed by atoms with Crippen molar-refractivity contribution < 1.29 is 0 Å². The largest absolute Gasteiger partial charge is 0.356 e. The van der Waals surface area contributed by atoms with Gasteiger partial charge in [0.15, 0.2) is 0 Å². The van der Waals surface area contributed by atoms with Crippen LogP contribution in [0.15, 0.2) is 6.33 Å². The molecule has 0 atom stereocenters. The first-order valence-corrected chi connectivity index (χ1v) is 6.18. The minimum atomic E-state index is 0.381. The molecule has 3 rings (SSSR count). The monoisotopic (exact) mass is 218 g/mol. The van der Waals surface area contributed by atoms with Gasteiger partial charge in [-0.1, -0.05) is 0 Å². The van der Waals surface area contributed by atoms with Crippen LogP contribution < -0.4 is 10.6 Å². The molecule has 1 aliphatic heterocycles. The van der Waals surface area contributed by atoms with E-state index in [2.05, 4.69) is 14.9 Å². The van der Waals surface area contributed by atoms with Gasteiger partial charge >= 0.3 is 0 Å². The minimum Gasteiger partial charge on any atom is -0.356 e. The van der Waals surface area contributed by atoms with Gasteiger partial charge in [-0.2, -0.15) is 0 Å². The SMILES string of the molecule is NC1CCN(c2ncnc3c2CCC3)CC1. The Labute approximate surface area is 95.9 Å². The normalized spacial score (nSPS) is 21.2. The zero-order chi connectivity index (χ0) is 11.0. The van der Waals surface area contributed by atoms with Crippen molar-refractivity contribution in [3.8, 4) is 0 Å². The molecule has 4 heteroatoms. The van der Waals surface area contributed by atoms with Crippen LogP contribution in [0.25, 0.3) is 0 Å². The Morgan fingerprint density at radius 2 is 2.00 bits per heavy atom. The van der Waals surface area contributed by atoms with Gasteiger partial charge in [-0.05, 0) is 32.1 Å². The average Bonchev–Trinajstić information content (AvgIpc) is 2.78. The van der Waals surface area contributed by atoms with Gasteiger partial charge in [-0.15, -0.1) is 0 Å². The van der Waals surface area contributed by atoms with Gasteiger partial charge in [-0.3, -0.25) is 0 Å². The Kier molecular flexibility index (Phi) is 2.52. The summed E-state index contributed by atoms with van der Waals surface area (Å²) in [6.45, 7) is 2.09. The quantitative estimate of drug-likeness (QED) is 0.760. The maximum absolute atomic E-state index is 5.93. The third-order valence-electron chi connectivity index (χ3n) is 3.69. The van der Waals surface area contributed by atoms with Gasteiger partial charge in [0.25, 0.3) is 0 Å². The van der Waals surface area contributed by atoms with E-state index >= 15 is 0 Å². The number of hydrogen-bond donors (Lipinski definition) is 1. The third-order valence-corrected chi connectivity index (χ3v) is 3.69. The number of fused-ring (bicyclic) bond motifs is 1. The highest BCUT2D eigenvalue weighted by atomic mass is 15.2. The van der Waals surface area contributed by atoms with E-state index in [1.165, 1.54) is 23.5 Å². The van der Waals surface area contributed by atoms with E-state index in [0.29, 0.717) is 6.04 Å². The number of hydrogen-bond acceptors (Lipinski definition) is 4. The third kappa shape index (κ3) is 1.67. The van der Waals surface area contributed by atoms with Crippen LogP contribution >= 0.6 is 0 Å². The van der Waals surface area contributed by atoms with Crippen LogP contribution in [0, 0.1) is 0 Å². The summed E-state index contributed by atoms with van der Waals surface area (Å²) in [7, 11) is 0. The summed E-state index contributed by atoms with van der Waals surface area (Å²) in [6.07, 6.45) is 7.38. The first kappa shape index (κ1) is 10.0. The van der Waals surface area contributed by atoms with Crippen molar-refractivity contribution in [1.29, 1.82) is 0 Å². The van der Waals surface area contributed by atoms with Crippen molar-refractivity contribution in [3.63, 3.8) is 0 Å². The zero-order valence-corrected chi connectivity index (χ0v) is 9.52.